The number of benzene rings is 3. The lowest BCUT2D eigenvalue weighted by Gasteiger charge is -2.11. The van der Waals surface area contributed by atoms with E-state index < -0.39 is 5.97 Å². The van der Waals surface area contributed by atoms with Crippen molar-refractivity contribution in [3.63, 3.8) is 0 Å². The second-order valence-corrected chi connectivity index (χ2v) is 5.28. The molecule has 24 heavy (non-hydrogen) atoms. The Hall–Kier alpha value is -2.52. The van der Waals surface area contributed by atoms with Crippen molar-refractivity contribution in [2.24, 2.45) is 0 Å². The number of rotatable bonds is 2. The number of phenolic OH excluding ortho intramolecular Hbond substituents is 1. The Labute approximate surface area is 146 Å². The van der Waals surface area contributed by atoms with Gasteiger partial charge in [0.1, 0.15) is 5.75 Å². The van der Waals surface area contributed by atoms with E-state index in [-0.39, 0.29) is 5.75 Å². The fraction of sp³-hybridized carbons (Fsp3) is 0.150. The smallest absolute Gasteiger partial charge is 0.337 e. The largest absolute Gasteiger partial charge is 0.506 e. The van der Waals surface area contributed by atoms with Gasteiger partial charge in [-0.1, -0.05) is 61.8 Å². The molecule has 0 atom stereocenters. The highest BCUT2D eigenvalue weighted by Crippen LogP contribution is 2.38. The Morgan fingerprint density at radius 1 is 1.00 bits per heavy atom. The standard InChI is InChI=1S/C18H13ClO3.C2H6/c1-22-18(21)12-9-8-11-4-2-5-13(15(11)10-12)14-6-3-7-16(19)17(14)20;1-2/h2-10,20H,1H3;1-2H3. The van der Waals surface area contributed by atoms with Gasteiger partial charge < -0.3 is 9.84 Å². The van der Waals surface area contributed by atoms with Gasteiger partial charge in [-0.2, -0.15) is 0 Å². The molecule has 0 fully saturated rings. The first-order chi connectivity index (χ1) is 11.6. The second-order valence-electron chi connectivity index (χ2n) is 4.87. The molecule has 124 valence electrons. The van der Waals surface area contributed by atoms with Gasteiger partial charge in [-0.15, -0.1) is 0 Å². The van der Waals surface area contributed by atoms with Crippen LogP contribution >= 0.6 is 11.6 Å². The minimum atomic E-state index is -0.396. The number of para-hydroxylation sites is 1. The minimum Gasteiger partial charge on any atom is -0.506 e. The van der Waals surface area contributed by atoms with Gasteiger partial charge in [0.25, 0.3) is 0 Å². The summed E-state index contributed by atoms with van der Waals surface area (Å²) in [4.78, 5) is 11.7. The summed E-state index contributed by atoms with van der Waals surface area (Å²) in [6.07, 6.45) is 0. The van der Waals surface area contributed by atoms with Crippen molar-refractivity contribution >= 4 is 28.3 Å². The molecule has 0 amide bonds. The minimum absolute atomic E-state index is 0.0279. The number of hydrogen-bond donors (Lipinski definition) is 1. The summed E-state index contributed by atoms with van der Waals surface area (Å²) in [7, 11) is 1.35. The number of halogens is 1. The summed E-state index contributed by atoms with van der Waals surface area (Å²) in [6, 6.07) is 16.3. The number of fused-ring (bicyclic) bond motifs is 1. The molecule has 0 aromatic heterocycles. The number of carbonyl (C=O) groups is 1. The van der Waals surface area contributed by atoms with Crippen molar-refractivity contribution < 1.29 is 14.6 Å². The number of aromatic hydroxyl groups is 1. The lowest BCUT2D eigenvalue weighted by Crippen LogP contribution is -2.00. The first kappa shape index (κ1) is 17.8. The van der Waals surface area contributed by atoms with Crippen LogP contribution in [0.4, 0.5) is 0 Å². The number of methoxy groups -OCH3 is 1. The second kappa shape index (κ2) is 7.84. The molecule has 0 saturated carbocycles. The van der Waals surface area contributed by atoms with Crippen LogP contribution in [-0.4, -0.2) is 18.2 Å². The number of hydrogen-bond acceptors (Lipinski definition) is 3. The normalized spacial score (nSPS) is 10.0. The Morgan fingerprint density at radius 3 is 2.38 bits per heavy atom. The maximum absolute atomic E-state index is 11.7. The third-order valence-electron chi connectivity index (χ3n) is 3.58. The van der Waals surface area contributed by atoms with Crippen LogP contribution in [0.1, 0.15) is 24.2 Å². The molecule has 0 aliphatic heterocycles. The number of esters is 1. The average Bonchev–Trinajstić information content (AvgIpc) is 2.64. The molecular weight excluding hydrogens is 324 g/mol. The first-order valence-corrected chi connectivity index (χ1v) is 8.08. The van der Waals surface area contributed by atoms with Crippen LogP contribution in [0, 0.1) is 0 Å². The van der Waals surface area contributed by atoms with E-state index in [0.717, 1.165) is 16.3 Å². The van der Waals surface area contributed by atoms with Gasteiger partial charge in [0.2, 0.25) is 0 Å². The molecular formula is C20H19ClO3. The Morgan fingerprint density at radius 2 is 1.67 bits per heavy atom. The lowest BCUT2D eigenvalue weighted by atomic mass is 9.96. The van der Waals surface area contributed by atoms with Gasteiger partial charge in [-0.3, -0.25) is 0 Å². The molecule has 0 saturated heterocycles. The molecule has 3 aromatic rings. The molecule has 0 radical (unpaired) electrons. The molecule has 3 aromatic carbocycles. The zero-order chi connectivity index (χ0) is 17.7. The van der Waals surface area contributed by atoms with E-state index in [0.29, 0.717) is 16.1 Å². The van der Waals surface area contributed by atoms with E-state index >= 15 is 0 Å². The van der Waals surface area contributed by atoms with E-state index in [4.69, 9.17) is 16.3 Å². The van der Waals surface area contributed by atoms with Gasteiger partial charge in [0.15, 0.2) is 0 Å². The molecule has 0 spiro atoms. The Kier molecular flexibility index (Phi) is 5.83. The third-order valence-corrected chi connectivity index (χ3v) is 3.89. The summed E-state index contributed by atoms with van der Waals surface area (Å²) in [5.41, 5.74) is 1.90. The summed E-state index contributed by atoms with van der Waals surface area (Å²) >= 11 is 5.99. The van der Waals surface area contributed by atoms with Gasteiger partial charge in [-0.05, 0) is 34.5 Å². The molecule has 0 heterocycles. The molecule has 0 unspecified atom stereocenters. The van der Waals surface area contributed by atoms with E-state index in [1.165, 1.54) is 7.11 Å². The highest BCUT2D eigenvalue weighted by molar-refractivity contribution is 6.32. The summed E-state index contributed by atoms with van der Waals surface area (Å²) in [6.45, 7) is 4.00. The van der Waals surface area contributed by atoms with Gasteiger partial charge in [0, 0.05) is 5.56 Å². The zero-order valence-corrected chi connectivity index (χ0v) is 14.6. The monoisotopic (exact) mass is 342 g/mol. The van der Waals surface area contributed by atoms with Crippen LogP contribution in [0.2, 0.25) is 5.02 Å². The van der Waals surface area contributed by atoms with Crippen molar-refractivity contribution in [3.8, 4) is 16.9 Å². The fourth-order valence-corrected chi connectivity index (χ4v) is 2.66. The third kappa shape index (κ3) is 3.36. The predicted octanol–water partition coefficient (Wildman–Crippen LogP) is 5.68. The average molecular weight is 343 g/mol. The van der Waals surface area contributed by atoms with Crippen LogP contribution in [-0.2, 0) is 4.74 Å². The molecule has 4 heteroatoms. The van der Waals surface area contributed by atoms with Crippen molar-refractivity contribution in [1.29, 1.82) is 0 Å². The van der Waals surface area contributed by atoms with Crippen LogP contribution in [0.3, 0.4) is 0 Å². The molecule has 0 aliphatic rings. The fourth-order valence-electron chi connectivity index (χ4n) is 2.49. The maximum atomic E-state index is 11.7. The number of phenols is 1. The summed E-state index contributed by atoms with van der Waals surface area (Å²) < 4.78 is 4.76. The number of carbonyl (C=O) groups excluding carboxylic acids is 1. The quantitative estimate of drug-likeness (QED) is 0.609. The number of ether oxygens (including phenoxy) is 1. The van der Waals surface area contributed by atoms with Gasteiger partial charge >= 0.3 is 5.97 Å². The maximum Gasteiger partial charge on any atom is 0.337 e. The predicted molar refractivity (Wildman–Crippen MR) is 98.7 cm³/mol. The van der Waals surface area contributed by atoms with Crippen molar-refractivity contribution in [2.45, 2.75) is 13.8 Å². The Balaban J connectivity index is 0.00000100. The van der Waals surface area contributed by atoms with Crippen LogP contribution in [0.5, 0.6) is 5.75 Å². The van der Waals surface area contributed by atoms with Crippen LogP contribution in [0.15, 0.2) is 54.6 Å². The molecule has 3 nitrogen and oxygen atoms in total. The van der Waals surface area contributed by atoms with Crippen LogP contribution < -0.4 is 0 Å². The molecule has 0 bridgehead atoms. The highest BCUT2D eigenvalue weighted by Gasteiger charge is 2.13. The lowest BCUT2D eigenvalue weighted by molar-refractivity contribution is 0.0601. The summed E-state index contributed by atoms with van der Waals surface area (Å²) in [5.74, 6) is -0.368. The van der Waals surface area contributed by atoms with E-state index in [9.17, 15) is 9.90 Å². The zero-order valence-electron chi connectivity index (χ0n) is 13.8. The SMILES string of the molecule is CC.COC(=O)c1ccc2cccc(-c3cccc(Cl)c3O)c2c1. The van der Waals surface area contributed by atoms with Crippen molar-refractivity contribution in [3.05, 3.63) is 65.2 Å². The van der Waals surface area contributed by atoms with Crippen molar-refractivity contribution in [1.82, 2.24) is 0 Å². The van der Waals surface area contributed by atoms with E-state index in [2.05, 4.69) is 0 Å². The Bertz CT molecular complexity index is 872. The molecule has 0 aliphatic carbocycles. The summed E-state index contributed by atoms with van der Waals surface area (Å²) in [5, 5.41) is 12.3. The van der Waals surface area contributed by atoms with Crippen molar-refractivity contribution in [2.75, 3.05) is 7.11 Å². The molecule has 3 rings (SSSR count). The van der Waals surface area contributed by atoms with Gasteiger partial charge in [-0.25, -0.2) is 4.79 Å². The van der Waals surface area contributed by atoms with E-state index in [1.54, 1.807) is 30.3 Å². The van der Waals surface area contributed by atoms with E-state index in [1.807, 2.05) is 38.1 Å². The van der Waals surface area contributed by atoms with Crippen LogP contribution in [0.25, 0.3) is 21.9 Å². The molecule has 1 N–H and O–H groups in total. The highest BCUT2D eigenvalue weighted by atomic mass is 35.5. The first-order valence-electron chi connectivity index (χ1n) is 7.71. The van der Waals surface area contributed by atoms with Gasteiger partial charge in [0.05, 0.1) is 17.7 Å². The topological polar surface area (TPSA) is 46.5 Å².